The number of ether oxygens (including phenoxy) is 1. The van der Waals surface area contributed by atoms with E-state index in [9.17, 15) is 5.11 Å². The highest BCUT2D eigenvalue weighted by atomic mass is 16.5. The highest BCUT2D eigenvalue weighted by molar-refractivity contribution is 5.94. The average Bonchev–Trinajstić information content (AvgIpc) is 3.22. The van der Waals surface area contributed by atoms with Gasteiger partial charge in [0, 0.05) is 55.6 Å². The Morgan fingerprint density at radius 2 is 1.94 bits per heavy atom. The van der Waals surface area contributed by atoms with E-state index in [4.69, 9.17) is 9.72 Å². The molecule has 1 atom stereocenters. The monoisotopic (exact) mass is 465 g/mol. The minimum atomic E-state index is -0.177. The van der Waals surface area contributed by atoms with Crippen molar-refractivity contribution < 1.29 is 9.84 Å². The summed E-state index contributed by atoms with van der Waals surface area (Å²) in [6.45, 7) is 6.74. The second-order valence-electron chi connectivity index (χ2n) is 9.54. The third kappa shape index (κ3) is 5.95. The van der Waals surface area contributed by atoms with E-state index in [1.807, 2.05) is 6.20 Å². The van der Waals surface area contributed by atoms with E-state index in [0.717, 1.165) is 68.2 Å². The lowest BCUT2D eigenvalue weighted by molar-refractivity contribution is 0.111. The normalized spacial score (nSPS) is 19.4. The van der Waals surface area contributed by atoms with E-state index in [2.05, 4.69) is 64.5 Å². The molecule has 0 radical (unpaired) electrons. The van der Waals surface area contributed by atoms with Gasteiger partial charge in [0.2, 0.25) is 5.95 Å². The standard InChI is InChI=1S/C27H39N5O2/c1-4-5-19(2)30-27-29-17-24-25(21-8-6-20(7-9-21)16-28-14-15-34-3)18-32(26(24)31-27)22-10-12-23(33)13-11-22/h6-9,17-19,22-23,28,33H,4-5,10-16H2,1-3H3,(H,29,30,31). The van der Waals surface area contributed by atoms with Crippen molar-refractivity contribution >= 4 is 17.0 Å². The Morgan fingerprint density at radius 1 is 1.18 bits per heavy atom. The van der Waals surface area contributed by atoms with Gasteiger partial charge in [0.15, 0.2) is 0 Å². The molecular weight excluding hydrogens is 426 g/mol. The van der Waals surface area contributed by atoms with Crippen LogP contribution in [0.2, 0.25) is 0 Å². The van der Waals surface area contributed by atoms with Crippen LogP contribution in [0.3, 0.4) is 0 Å². The summed E-state index contributed by atoms with van der Waals surface area (Å²) in [6.07, 6.45) is 9.86. The molecule has 7 heteroatoms. The van der Waals surface area contributed by atoms with Gasteiger partial charge in [0.25, 0.3) is 0 Å². The van der Waals surface area contributed by atoms with E-state index >= 15 is 0 Å². The fourth-order valence-corrected chi connectivity index (χ4v) is 4.88. The fourth-order valence-electron chi connectivity index (χ4n) is 4.88. The molecule has 1 aromatic carbocycles. The number of nitrogens with zero attached hydrogens (tertiary/aromatic N) is 3. The van der Waals surface area contributed by atoms with Crippen molar-refractivity contribution in [2.24, 2.45) is 0 Å². The van der Waals surface area contributed by atoms with E-state index < -0.39 is 0 Å². The first-order valence-electron chi connectivity index (χ1n) is 12.7. The summed E-state index contributed by atoms with van der Waals surface area (Å²) in [6, 6.07) is 9.41. The van der Waals surface area contributed by atoms with E-state index in [1.165, 1.54) is 11.1 Å². The van der Waals surface area contributed by atoms with Gasteiger partial charge in [-0.15, -0.1) is 0 Å². The third-order valence-corrected chi connectivity index (χ3v) is 6.81. The Labute approximate surface area is 203 Å². The summed E-state index contributed by atoms with van der Waals surface area (Å²) in [5.41, 5.74) is 4.55. The summed E-state index contributed by atoms with van der Waals surface area (Å²) in [5.74, 6) is 0.688. The number of aliphatic hydroxyl groups is 1. The van der Waals surface area contributed by atoms with Gasteiger partial charge in [-0.3, -0.25) is 0 Å². The lowest BCUT2D eigenvalue weighted by Crippen LogP contribution is -2.21. The van der Waals surface area contributed by atoms with Crippen LogP contribution in [0.15, 0.2) is 36.7 Å². The second kappa shape index (κ2) is 11.8. The first-order valence-corrected chi connectivity index (χ1v) is 12.7. The molecule has 7 nitrogen and oxygen atoms in total. The molecule has 0 saturated heterocycles. The maximum atomic E-state index is 10.0. The molecule has 3 aromatic rings. The topological polar surface area (TPSA) is 84.2 Å². The molecule has 34 heavy (non-hydrogen) atoms. The van der Waals surface area contributed by atoms with Crippen LogP contribution in [0, 0.1) is 0 Å². The quantitative estimate of drug-likeness (QED) is 0.349. The molecule has 0 bridgehead atoms. The summed E-state index contributed by atoms with van der Waals surface area (Å²) in [4.78, 5) is 9.63. The van der Waals surface area contributed by atoms with Gasteiger partial charge in [-0.25, -0.2) is 4.98 Å². The minimum Gasteiger partial charge on any atom is -0.393 e. The predicted octanol–water partition coefficient (Wildman–Crippen LogP) is 4.91. The molecule has 1 aliphatic carbocycles. The van der Waals surface area contributed by atoms with E-state index in [-0.39, 0.29) is 6.10 Å². The van der Waals surface area contributed by atoms with Crippen LogP contribution in [0.4, 0.5) is 5.95 Å². The van der Waals surface area contributed by atoms with E-state index in [1.54, 1.807) is 7.11 Å². The number of rotatable bonds is 11. The molecule has 2 heterocycles. The molecule has 2 aromatic heterocycles. The molecule has 0 aliphatic heterocycles. The van der Waals surface area contributed by atoms with Crippen molar-refractivity contribution in [2.45, 2.75) is 77.1 Å². The maximum absolute atomic E-state index is 10.0. The second-order valence-corrected chi connectivity index (χ2v) is 9.54. The Balaban J connectivity index is 1.63. The molecule has 1 aliphatic rings. The number of nitrogens with one attached hydrogen (secondary N) is 2. The van der Waals surface area contributed by atoms with Crippen molar-refractivity contribution in [3.63, 3.8) is 0 Å². The number of hydrogen-bond donors (Lipinski definition) is 3. The Bertz CT molecular complexity index is 1040. The Morgan fingerprint density at radius 3 is 2.65 bits per heavy atom. The summed E-state index contributed by atoms with van der Waals surface area (Å²) in [5, 5.41) is 18.0. The van der Waals surface area contributed by atoms with Crippen LogP contribution in [-0.2, 0) is 11.3 Å². The van der Waals surface area contributed by atoms with Crippen LogP contribution in [0.1, 0.15) is 64.0 Å². The van der Waals surface area contributed by atoms with Gasteiger partial charge in [0.1, 0.15) is 5.65 Å². The molecule has 0 spiro atoms. The zero-order valence-electron chi connectivity index (χ0n) is 20.8. The zero-order valence-corrected chi connectivity index (χ0v) is 20.8. The number of benzene rings is 1. The van der Waals surface area contributed by atoms with Crippen LogP contribution in [0.5, 0.6) is 0 Å². The molecular formula is C27H39N5O2. The number of anilines is 1. The molecule has 1 unspecified atom stereocenters. The SMILES string of the molecule is CCCC(C)Nc1ncc2c(-c3ccc(CNCCOC)cc3)cn(C3CCC(O)CC3)c2n1. The Kier molecular flexibility index (Phi) is 8.53. The number of aromatic nitrogens is 3. The molecule has 184 valence electrons. The van der Waals surface area contributed by atoms with Crippen molar-refractivity contribution in [1.29, 1.82) is 0 Å². The van der Waals surface area contributed by atoms with Crippen LogP contribution in [-0.4, -0.2) is 52.0 Å². The highest BCUT2D eigenvalue weighted by Gasteiger charge is 2.24. The van der Waals surface area contributed by atoms with Crippen molar-refractivity contribution in [1.82, 2.24) is 19.9 Å². The minimum absolute atomic E-state index is 0.177. The number of fused-ring (bicyclic) bond motifs is 1. The summed E-state index contributed by atoms with van der Waals surface area (Å²) >= 11 is 0. The third-order valence-electron chi connectivity index (χ3n) is 6.81. The van der Waals surface area contributed by atoms with Crippen LogP contribution in [0.25, 0.3) is 22.2 Å². The van der Waals surface area contributed by atoms with Gasteiger partial charge >= 0.3 is 0 Å². The van der Waals surface area contributed by atoms with E-state index in [0.29, 0.717) is 24.6 Å². The molecule has 4 rings (SSSR count). The number of hydrogen-bond acceptors (Lipinski definition) is 6. The van der Waals surface area contributed by atoms with Gasteiger partial charge < -0.3 is 25.0 Å². The summed E-state index contributed by atoms with van der Waals surface area (Å²) < 4.78 is 7.43. The van der Waals surface area contributed by atoms with Gasteiger partial charge in [-0.1, -0.05) is 37.6 Å². The predicted molar refractivity (Wildman–Crippen MR) is 138 cm³/mol. The molecule has 1 saturated carbocycles. The van der Waals surface area contributed by atoms with Crippen LogP contribution >= 0.6 is 0 Å². The number of aliphatic hydroxyl groups excluding tert-OH is 1. The first kappa shape index (κ1) is 24.6. The van der Waals surface area contributed by atoms with Gasteiger partial charge in [-0.05, 0) is 50.2 Å². The largest absolute Gasteiger partial charge is 0.393 e. The van der Waals surface area contributed by atoms with Crippen molar-refractivity contribution in [3.8, 4) is 11.1 Å². The van der Waals surface area contributed by atoms with Crippen LogP contribution < -0.4 is 10.6 Å². The smallest absolute Gasteiger partial charge is 0.224 e. The molecule has 1 fully saturated rings. The summed E-state index contributed by atoms with van der Waals surface area (Å²) in [7, 11) is 1.72. The number of methoxy groups -OCH3 is 1. The van der Waals surface area contributed by atoms with Gasteiger partial charge in [-0.2, -0.15) is 4.98 Å². The fraction of sp³-hybridized carbons (Fsp3) is 0.556. The lowest BCUT2D eigenvalue weighted by atomic mass is 9.93. The zero-order chi connectivity index (χ0) is 23.9. The van der Waals surface area contributed by atoms with Gasteiger partial charge in [0.05, 0.1) is 12.7 Å². The average molecular weight is 466 g/mol. The van der Waals surface area contributed by atoms with Crippen molar-refractivity contribution in [3.05, 3.63) is 42.2 Å². The highest BCUT2D eigenvalue weighted by Crippen LogP contribution is 2.36. The Hall–Kier alpha value is -2.48. The lowest BCUT2D eigenvalue weighted by Gasteiger charge is -2.27. The first-order chi connectivity index (χ1) is 16.6. The molecule has 3 N–H and O–H groups in total. The maximum Gasteiger partial charge on any atom is 0.224 e. The van der Waals surface area contributed by atoms with Crippen molar-refractivity contribution in [2.75, 3.05) is 25.6 Å². The molecule has 0 amide bonds.